The molecule has 39 heavy (non-hydrogen) atoms. The Kier molecular flexibility index (Phi) is 9.58. The molecule has 0 radical (unpaired) electrons. The van der Waals surface area contributed by atoms with Gasteiger partial charge in [0.2, 0.25) is 17.7 Å². The van der Waals surface area contributed by atoms with Crippen LogP contribution in [0.3, 0.4) is 0 Å². The molecule has 4 fully saturated rings. The predicted molar refractivity (Wildman–Crippen MR) is 151 cm³/mol. The number of nitrogens with zero attached hydrogens (tertiary/aromatic N) is 3. The second kappa shape index (κ2) is 12.5. The Hall–Kier alpha value is -2.19. The number of aliphatic hydroxyl groups excluding tert-OH is 1. The van der Waals surface area contributed by atoms with E-state index in [1.807, 2.05) is 11.8 Å². The fourth-order valence-corrected chi connectivity index (χ4v) is 7.90. The summed E-state index contributed by atoms with van der Waals surface area (Å²) in [5.74, 6) is -1.56. The Labute approximate surface area is 234 Å². The van der Waals surface area contributed by atoms with Crippen molar-refractivity contribution >= 4 is 17.7 Å². The van der Waals surface area contributed by atoms with Crippen molar-refractivity contribution in [3.63, 3.8) is 0 Å². The smallest absolute Gasteiger partial charge is 0.248 e. The number of amides is 3. The van der Waals surface area contributed by atoms with Crippen LogP contribution in [0.5, 0.6) is 0 Å². The molecule has 3 aliphatic heterocycles. The van der Waals surface area contributed by atoms with Crippen LogP contribution in [-0.2, 0) is 19.1 Å². The highest BCUT2D eigenvalue weighted by Crippen LogP contribution is 2.59. The SMILES string of the molecule is C=CCN(CCC)C(=O)[C@@H]1[C@H]2C(=O)N([C@@H](CO)CC(C)C)C(C(=O)N(CC=C)C3CCCCC3)C23CC[C@H]1O3. The second-order valence-electron chi connectivity index (χ2n) is 12.4. The molecule has 4 rings (SSSR count). The number of hydrogen-bond donors (Lipinski definition) is 1. The van der Waals surface area contributed by atoms with Gasteiger partial charge in [0.25, 0.3) is 0 Å². The van der Waals surface area contributed by atoms with Crippen LogP contribution in [0.2, 0.25) is 0 Å². The van der Waals surface area contributed by atoms with Crippen molar-refractivity contribution in [2.75, 3.05) is 26.2 Å². The number of rotatable bonds is 13. The van der Waals surface area contributed by atoms with Gasteiger partial charge in [-0.2, -0.15) is 0 Å². The van der Waals surface area contributed by atoms with E-state index in [1.54, 1.807) is 22.0 Å². The van der Waals surface area contributed by atoms with E-state index in [0.29, 0.717) is 38.9 Å². The van der Waals surface area contributed by atoms with Gasteiger partial charge in [-0.05, 0) is 44.4 Å². The lowest BCUT2D eigenvalue weighted by atomic mass is 9.70. The zero-order valence-electron chi connectivity index (χ0n) is 24.2. The quantitative estimate of drug-likeness (QED) is 0.359. The summed E-state index contributed by atoms with van der Waals surface area (Å²) in [6.45, 7) is 15.0. The van der Waals surface area contributed by atoms with Crippen LogP contribution in [0.15, 0.2) is 25.3 Å². The van der Waals surface area contributed by atoms with Crippen molar-refractivity contribution < 1.29 is 24.2 Å². The highest BCUT2D eigenvalue weighted by Gasteiger charge is 2.75. The summed E-state index contributed by atoms with van der Waals surface area (Å²) in [4.78, 5) is 48.4. The molecule has 2 bridgehead atoms. The first kappa shape index (κ1) is 29.8. The zero-order chi connectivity index (χ0) is 28.3. The maximum atomic E-state index is 14.7. The fraction of sp³-hybridized carbons (Fsp3) is 0.774. The van der Waals surface area contributed by atoms with E-state index >= 15 is 0 Å². The molecule has 1 N–H and O–H groups in total. The van der Waals surface area contributed by atoms with E-state index in [-0.39, 0.29) is 42.4 Å². The summed E-state index contributed by atoms with van der Waals surface area (Å²) in [6.07, 6.45) is 10.9. The van der Waals surface area contributed by atoms with E-state index in [1.165, 1.54) is 6.42 Å². The number of carbonyl (C=O) groups excluding carboxylic acids is 3. The van der Waals surface area contributed by atoms with E-state index < -0.39 is 29.5 Å². The molecule has 2 unspecified atom stereocenters. The Bertz CT molecular complexity index is 931. The summed E-state index contributed by atoms with van der Waals surface area (Å²) in [5.41, 5.74) is -1.05. The largest absolute Gasteiger partial charge is 0.394 e. The minimum absolute atomic E-state index is 0.0886. The molecule has 1 aliphatic carbocycles. The standard InChI is InChI=1S/C31H49N3O5/c1-6-16-32(17-7-2)28(36)25-24-14-15-31(39-24)26(25)29(37)34(23(20-35)19-21(4)5)27(31)30(38)33(18-8-3)22-12-10-9-11-13-22/h6,8,21-27,35H,1,3,7,9-20H2,2,4-5H3/t23-,24-,25+,26+,27?,31?/m1/s1. The minimum atomic E-state index is -1.05. The fourth-order valence-electron chi connectivity index (χ4n) is 7.90. The van der Waals surface area contributed by atoms with E-state index in [0.717, 1.165) is 32.1 Å². The molecule has 6 atom stereocenters. The van der Waals surface area contributed by atoms with Crippen LogP contribution < -0.4 is 0 Å². The summed E-state index contributed by atoms with van der Waals surface area (Å²) in [7, 11) is 0. The first-order chi connectivity index (χ1) is 18.7. The first-order valence-corrected chi connectivity index (χ1v) is 15.2. The van der Waals surface area contributed by atoms with Crippen molar-refractivity contribution in [2.45, 2.75) is 108 Å². The van der Waals surface area contributed by atoms with E-state index in [9.17, 15) is 19.5 Å². The molecule has 1 saturated carbocycles. The number of likely N-dealkylation sites (tertiary alicyclic amines) is 1. The van der Waals surface area contributed by atoms with Gasteiger partial charge in [-0.3, -0.25) is 14.4 Å². The molecule has 218 valence electrons. The number of ether oxygens (including phenoxy) is 1. The molecular formula is C31H49N3O5. The average Bonchev–Trinajstić information content (AvgIpc) is 3.57. The topological polar surface area (TPSA) is 90.4 Å². The number of hydrogen-bond acceptors (Lipinski definition) is 5. The van der Waals surface area contributed by atoms with Gasteiger partial charge in [-0.15, -0.1) is 13.2 Å². The van der Waals surface area contributed by atoms with Crippen molar-refractivity contribution in [2.24, 2.45) is 17.8 Å². The third-order valence-corrected chi connectivity index (χ3v) is 9.38. The summed E-state index contributed by atoms with van der Waals surface area (Å²) >= 11 is 0. The monoisotopic (exact) mass is 543 g/mol. The van der Waals surface area contributed by atoms with Crippen molar-refractivity contribution in [3.8, 4) is 0 Å². The number of fused-ring (bicyclic) bond motifs is 1. The van der Waals surface area contributed by atoms with Crippen LogP contribution in [0.4, 0.5) is 0 Å². The molecule has 3 saturated heterocycles. The van der Waals surface area contributed by atoms with Gasteiger partial charge in [0.05, 0.1) is 30.6 Å². The Morgan fingerprint density at radius 3 is 2.41 bits per heavy atom. The predicted octanol–water partition coefficient (Wildman–Crippen LogP) is 3.54. The van der Waals surface area contributed by atoms with E-state index in [2.05, 4.69) is 27.0 Å². The first-order valence-electron chi connectivity index (χ1n) is 15.2. The Morgan fingerprint density at radius 1 is 1.13 bits per heavy atom. The molecule has 8 nitrogen and oxygen atoms in total. The highest BCUT2D eigenvalue weighted by atomic mass is 16.5. The molecule has 8 heteroatoms. The second-order valence-corrected chi connectivity index (χ2v) is 12.4. The third-order valence-electron chi connectivity index (χ3n) is 9.38. The number of aliphatic hydroxyl groups is 1. The van der Waals surface area contributed by atoms with Gasteiger partial charge in [0, 0.05) is 25.7 Å². The van der Waals surface area contributed by atoms with Gasteiger partial charge in [-0.1, -0.05) is 52.2 Å². The zero-order valence-corrected chi connectivity index (χ0v) is 24.2. The Balaban J connectivity index is 1.77. The summed E-state index contributed by atoms with van der Waals surface area (Å²) < 4.78 is 6.68. The van der Waals surface area contributed by atoms with Crippen LogP contribution in [0.1, 0.15) is 78.6 Å². The number of carbonyl (C=O) groups is 3. The molecule has 4 aliphatic rings. The molecule has 1 spiro atoms. The molecule has 0 aromatic heterocycles. The third kappa shape index (κ3) is 5.31. The molecule has 0 aromatic carbocycles. The minimum Gasteiger partial charge on any atom is -0.394 e. The normalized spacial score (nSPS) is 30.9. The van der Waals surface area contributed by atoms with Gasteiger partial charge in [0.1, 0.15) is 11.6 Å². The summed E-state index contributed by atoms with van der Waals surface area (Å²) in [6, 6.07) is -1.27. The molecule has 0 aromatic rings. The van der Waals surface area contributed by atoms with Gasteiger partial charge >= 0.3 is 0 Å². The maximum Gasteiger partial charge on any atom is 0.248 e. The average molecular weight is 544 g/mol. The molecule has 3 amide bonds. The maximum absolute atomic E-state index is 14.7. The lowest BCUT2D eigenvalue weighted by Gasteiger charge is -2.42. The van der Waals surface area contributed by atoms with Crippen LogP contribution in [0.25, 0.3) is 0 Å². The van der Waals surface area contributed by atoms with E-state index in [4.69, 9.17) is 4.74 Å². The molecule has 3 heterocycles. The van der Waals surface area contributed by atoms with Crippen LogP contribution >= 0.6 is 0 Å². The van der Waals surface area contributed by atoms with Crippen LogP contribution in [0, 0.1) is 17.8 Å². The van der Waals surface area contributed by atoms with Gasteiger partial charge < -0.3 is 24.5 Å². The van der Waals surface area contributed by atoms with Crippen molar-refractivity contribution in [1.82, 2.24) is 14.7 Å². The highest BCUT2D eigenvalue weighted by molar-refractivity contribution is 5.99. The Morgan fingerprint density at radius 2 is 1.82 bits per heavy atom. The van der Waals surface area contributed by atoms with Gasteiger partial charge in [-0.25, -0.2) is 0 Å². The lowest BCUT2D eigenvalue weighted by molar-refractivity contribution is -0.154. The van der Waals surface area contributed by atoms with Crippen molar-refractivity contribution in [3.05, 3.63) is 25.3 Å². The lowest BCUT2D eigenvalue weighted by Crippen LogP contribution is -2.60. The van der Waals surface area contributed by atoms with Gasteiger partial charge in [0.15, 0.2) is 0 Å². The molecular weight excluding hydrogens is 494 g/mol. The summed E-state index contributed by atoms with van der Waals surface area (Å²) in [5, 5.41) is 10.5. The van der Waals surface area contributed by atoms with Crippen molar-refractivity contribution in [1.29, 1.82) is 0 Å². The van der Waals surface area contributed by atoms with Crippen LogP contribution in [-0.4, -0.2) is 93.6 Å².